The summed E-state index contributed by atoms with van der Waals surface area (Å²) in [7, 11) is 0. The third kappa shape index (κ3) is 2.57. The van der Waals surface area contributed by atoms with Crippen LogP contribution >= 0.6 is 0 Å². The lowest BCUT2D eigenvalue weighted by molar-refractivity contribution is -0.123. The molecular weight excluding hydrogens is 400 g/mol. The molecule has 3 unspecified atom stereocenters. The molecule has 4 aromatic rings. The first-order valence-electron chi connectivity index (χ1n) is 11.7. The zero-order valence-corrected chi connectivity index (χ0v) is 18.7. The predicted octanol–water partition coefficient (Wildman–Crippen LogP) is 7.10. The van der Waals surface area contributed by atoms with E-state index in [1.807, 2.05) is 24.3 Å². The summed E-state index contributed by atoms with van der Waals surface area (Å²) < 4.78 is 0. The molecule has 0 N–H and O–H groups in total. The molecule has 0 heterocycles. The van der Waals surface area contributed by atoms with E-state index in [4.69, 9.17) is 0 Å². The number of carbonyl (C=O) groups is 1. The number of Topliss-reactive ketones (excluding diaryl/α,β-unsaturated/α-hetero) is 1. The van der Waals surface area contributed by atoms with Crippen LogP contribution in [0.1, 0.15) is 35.6 Å². The van der Waals surface area contributed by atoms with Crippen LogP contribution in [0.15, 0.2) is 121 Å². The fraction of sp³-hybridized carbons (Fsp3) is 0.156. The first-order valence-corrected chi connectivity index (χ1v) is 11.7. The van der Waals surface area contributed by atoms with E-state index in [1.165, 1.54) is 11.1 Å². The van der Waals surface area contributed by atoms with Gasteiger partial charge in [0.05, 0.1) is 10.8 Å². The molecule has 1 saturated carbocycles. The summed E-state index contributed by atoms with van der Waals surface area (Å²) in [5, 5.41) is 0. The van der Waals surface area contributed by atoms with Crippen molar-refractivity contribution in [3.63, 3.8) is 0 Å². The lowest BCUT2D eigenvalue weighted by atomic mass is 9.63. The Labute approximate surface area is 195 Å². The number of hydrogen-bond acceptors (Lipinski definition) is 1. The Kier molecular flexibility index (Phi) is 4.48. The van der Waals surface area contributed by atoms with Crippen molar-refractivity contribution in [1.29, 1.82) is 0 Å². The molecule has 4 aromatic carbocycles. The minimum absolute atomic E-state index is 0.176. The largest absolute Gasteiger partial charge is 0.297 e. The van der Waals surface area contributed by atoms with Crippen LogP contribution in [0.5, 0.6) is 0 Å². The van der Waals surface area contributed by atoms with E-state index < -0.39 is 10.8 Å². The van der Waals surface area contributed by atoms with Gasteiger partial charge in [0.2, 0.25) is 0 Å². The lowest BCUT2D eigenvalue weighted by Crippen LogP contribution is -2.37. The number of rotatable bonds is 4. The predicted molar refractivity (Wildman–Crippen MR) is 135 cm³/mol. The summed E-state index contributed by atoms with van der Waals surface area (Å²) in [6.45, 7) is 2.26. The third-order valence-electron chi connectivity index (χ3n) is 7.79. The second-order valence-electron chi connectivity index (χ2n) is 9.36. The van der Waals surface area contributed by atoms with E-state index in [2.05, 4.69) is 104 Å². The van der Waals surface area contributed by atoms with Crippen LogP contribution in [0.3, 0.4) is 0 Å². The number of hydrogen-bond donors (Lipinski definition) is 0. The Balaban J connectivity index is 1.80. The van der Waals surface area contributed by atoms with Crippen LogP contribution in [-0.2, 0) is 15.6 Å². The van der Waals surface area contributed by atoms with Gasteiger partial charge in [-0.15, -0.1) is 0 Å². The molecule has 6 rings (SSSR count). The van der Waals surface area contributed by atoms with Crippen molar-refractivity contribution in [2.24, 2.45) is 5.92 Å². The topological polar surface area (TPSA) is 17.1 Å². The molecule has 1 heteroatoms. The van der Waals surface area contributed by atoms with Gasteiger partial charge in [-0.25, -0.2) is 0 Å². The zero-order chi connectivity index (χ0) is 22.5. The average Bonchev–Trinajstić information content (AvgIpc) is 3.26. The molecule has 1 fully saturated rings. The number of carbonyl (C=O) groups excluding carboxylic acids is 1. The van der Waals surface area contributed by atoms with E-state index in [-0.39, 0.29) is 5.92 Å². The summed E-state index contributed by atoms with van der Waals surface area (Å²) in [6, 6.07) is 42.0. The Morgan fingerprint density at radius 3 is 1.52 bits per heavy atom. The molecule has 2 bridgehead atoms. The molecule has 160 valence electrons. The van der Waals surface area contributed by atoms with Gasteiger partial charge in [0, 0.05) is 0 Å². The van der Waals surface area contributed by atoms with Crippen LogP contribution in [0.4, 0.5) is 0 Å². The van der Waals surface area contributed by atoms with Crippen LogP contribution in [0.25, 0.3) is 11.1 Å². The van der Waals surface area contributed by atoms with Gasteiger partial charge in [0.1, 0.15) is 0 Å². The quantitative estimate of drug-likeness (QED) is 0.340. The number of benzene rings is 4. The van der Waals surface area contributed by atoms with E-state index in [0.29, 0.717) is 5.78 Å². The molecule has 0 spiro atoms. The van der Waals surface area contributed by atoms with Crippen molar-refractivity contribution < 1.29 is 4.79 Å². The van der Waals surface area contributed by atoms with Gasteiger partial charge in [0.15, 0.2) is 5.78 Å². The average molecular weight is 427 g/mol. The van der Waals surface area contributed by atoms with Gasteiger partial charge in [0.25, 0.3) is 0 Å². The zero-order valence-electron chi connectivity index (χ0n) is 18.7. The summed E-state index contributed by atoms with van der Waals surface area (Å²) >= 11 is 0. The molecule has 0 amide bonds. The highest BCUT2D eigenvalue weighted by Gasteiger charge is 2.70. The van der Waals surface area contributed by atoms with Crippen molar-refractivity contribution in [1.82, 2.24) is 0 Å². The molecule has 1 nitrogen and oxygen atoms in total. The SMILES string of the molecule is CC1CC2(c3ccccc3)C(=O)C1(c1ccccc1)C(c1ccccc1)=C2c1ccccc1. The Bertz CT molecular complexity index is 1340. The van der Waals surface area contributed by atoms with E-state index in [0.717, 1.165) is 28.7 Å². The molecule has 0 aromatic heterocycles. The van der Waals surface area contributed by atoms with Gasteiger partial charge in [-0.2, -0.15) is 0 Å². The summed E-state index contributed by atoms with van der Waals surface area (Å²) in [5.41, 5.74) is 5.48. The third-order valence-corrected chi connectivity index (χ3v) is 7.79. The number of ketones is 1. The number of fused-ring (bicyclic) bond motifs is 2. The first-order chi connectivity index (χ1) is 16.2. The van der Waals surface area contributed by atoms with Gasteiger partial charge >= 0.3 is 0 Å². The molecule has 3 atom stereocenters. The maximum Gasteiger partial charge on any atom is 0.163 e. The maximum absolute atomic E-state index is 14.9. The minimum atomic E-state index is -0.677. The van der Waals surface area contributed by atoms with Crippen LogP contribution < -0.4 is 0 Å². The van der Waals surface area contributed by atoms with Gasteiger partial charge in [-0.3, -0.25) is 4.79 Å². The fourth-order valence-electron chi connectivity index (χ4n) is 6.60. The first kappa shape index (κ1) is 19.9. The van der Waals surface area contributed by atoms with Crippen LogP contribution in [-0.4, -0.2) is 5.78 Å². The van der Waals surface area contributed by atoms with Crippen molar-refractivity contribution in [2.45, 2.75) is 24.2 Å². The van der Waals surface area contributed by atoms with E-state index >= 15 is 0 Å². The second-order valence-corrected chi connectivity index (χ2v) is 9.36. The van der Waals surface area contributed by atoms with Crippen molar-refractivity contribution >= 4 is 16.9 Å². The highest BCUT2D eigenvalue weighted by Crippen LogP contribution is 2.70. The highest BCUT2D eigenvalue weighted by atomic mass is 16.1. The van der Waals surface area contributed by atoms with E-state index in [9.17, 15) is 4.79 Å². The Morgan fingerprint density at radius 1 is 0.576 bits per heavy atom. The molecular formula is C32H26O. The molecule has 0 radical (unpaired) electrons. The monoisotopic (exact) mass is 426 g/mol. The normalized spacial score (nSPS) is 26.1. The molecule has 2 aliphatic carbocycles. The smallest absolute Gasteiger partial charge is 0.163 e. The Hall–Kier alpha value is -3.71. The number of allylic oxidation sites excluding steroid dienone is 2. The van der Waals surface area contributed by atoms with Crippen molar-refractivity contribution in [3.8, 4) is 0 Å². The standard InChI is InChI=1S/C32H26O/c1-23-22-31(26-18-10-4-11-19-26)28(24-14-6-2-7-15-24)29(25-16-8-3-9-17-25)32(23,30(31)33)27-20-12-5-13-21-27/h2-21,23H,22H2,1H3. The second kappa shape index (κ2) is 7.42. The van der Waals surface area contributed by atoms with Gasteiger partial charge in [-0.1, -0.05) is 128 Å². The lowest BCUT2D eigenvalue weighted by Gasteiger charge is -2.37. The summed E-state index contributed by atoms with van der Waals surface area (Å²) in [5.74, 6) is 0.493. The van der Waals surface area contributed by atoms with Crippen LogP contribution in [0, 0.1) is 5.92 Å². The fourth-order valence-corrected chi connectivity index (χ4v) is 6.60. The van der Waals surface area contributed by atoms with Crippen molar-refractivity contribution in [2.75, 3.05) is 0 Å². The van der Waals surface area contributed by atoms with Crippen molar-refractivity contribution in [3.05, 3.63) is 144 Å². The van der Waals surface area contributed by atoms with Crippen LogP contribution in [0.2, 0.25) is 0 Å². The minimum Gasteiger partial charge on any atom is -0.297 e. The molecule has 0 aliphatic heterocycles. The molecule has 2 aliphatic rings. The molecule has 0 saturated heterocycles. The molecule has 33 heavy (non-hydrogen) atoms. The Morgan fingerprint density at radius 2 is 1.00 bits per heavy atom. The summed E-state index contributed by atoms with van der Waals surface area (Å²) in [4.78, 5) is 14.9. The van der Waals surface area contributed by atoms with Gasteiger partial charge < -0.3 is 0 Å². The van der Waals surface area contributed by atoms with Gasteiger partial charge in [-0.05, 0) is 45.7 Å². The maximum atomic E-state index is 14.9. The highest BCUT2D eigenvalue weighted by molar-refractivity contribution is 6.29. The van der Waals surface area contributed by atoms with E-state index in [1.54, 1.807) is 0 Å². The summed E-state index contributed by atoms with van der Waals surface area (Å²) in [6.07, 6.45) is 0.811.